The molecule has 1 N–H and O–H groups in total. The Kier molecular flexibility index (Phi) is 6.39. The van der Waals surface area contributed by atoms with Crippen molar-refractivity contribution in [2.45, 2.75) is 57.9 Å². The summed E-state index contributed by atoms with van der Waals surface area (Å²) in [6.07, 6.45) is 0.879. The van der Waals surface area contributed by atoms with Gasteiger partial charge in [0.1, 0.15) is 0 Å². The molecule has 0 fully saturated rings. The number of rotatable bonds is 3. The molecule has 0 radical (unpaired) electrons. The van der Waals surface area contributed by atoms with Crippen LogP contribution in [0.3, 0.4) is 0 Å². The number of Topliss-reactive ketones (excluding diaryl/α,β-unsaturated/α-hetero) is 1. The lowest BCUT2D eigenvalue weighted by atomic mass is 9.77. The third kappa shape index (κ3) is 4.60. The number of fused-ring (bicyclic) bond motifs is 1. The summed E-state index contributed by atoms with van der Waals surface area (Å²) in [5, 5.41) is 15.1. The molecular formula is C31H31N3O4. The summed E-state index contributed by atoms with van der Waals surface area (Å²) in [5.74, 6) is -0.346. The number of para-hydroxylation sites is 2. The van der Waals surface area contributed by atoms with Crippen LogP contribution in [0.25, 0.3) is 0 Å². The maximum Gasteiger partial charge on any atom is 0.269 e. The summed E-state index contributed by atoms with van der Waals surface area (Å²) >= 11 is 0. The number of carbonyl (C=O) groups excluding carboxylic acids is 2. The van der Waals surface area contributed by atoms with Gasteiger partial charge >= 0.3 is 0 Å². The molecule has 1 heterocycles. The third-order valence-corrected chi connectivity index (χ3v) is 7.47. The molecule has 194 valence electrons. The van der Waals surface area contributed by atoms with Crippen LogP contribution in [-0.2, 0) is 15.0 Å². The fourth-order valence-electron chi connectivity index (χ4n) is 5.55. The van der Waals surface area contributed by atoms with E-state index >= 15 is 0 Å². The topological polar surface area (TPSA) is 92.6 Å². The van der Waals surface area contributed by atoms with Gasteiger partial charge in [-0.25, -0.2) is 0 Å². The molecule has 0 saturated heterocycles. The van der Waals surface area contributed by atoms with E-state index in [0.717, 1.165) is 16.9 Å². The van der Waals surface area contributed by atoms with Crippen LogP contribution in [0.1, 0.15) is 69.2 Å². The molecule has 2 atom stereocenters. The number of anilines is 2. The Morgan fingerprint density at radius 3 is 2.34 bits per heavy atom. The van der Waals surface area contributed by atoms with Crippen LogP contribution in [0.15, 0.2) is 84.1 Å². The van der Waals surface area contributed by atoms with Crippen LogP contribution >= 0.6 is 0 Å². The Morgan fingerprint density at radius 1 is 0.974 bits per heavy atom. The molecule has 1 aliphatic heterocycles. The molecule has 0 bridgehead atoms. The molecule has 7 heteroatoms. The van der Waals surface area contributed by atoms with Crippen LogP contribution in [-0.4, -0.2) is 16.6 Å². The maximum absolute atomic E-state index is 13.9. The van der Waals surface area contributed by atoms with E-state index < -0.39 is 11.0 Å². The number of nitrogens with zero attached hydrogens (tertiary/aromatic N) is 2. The zero-order chi connectivity index (χ0) is 27.2. The van der Waals surface area contributed by atoms with Gasteiger partial charge < -0.3 is 5.32 Å². The molecule has 0 aromatic heterocycles. The first-order valence-electron chi connectivity index (χ1n) is 12.8. The highest BCUT2D eigenvalue weighted by Crippen LogP contribution is 2.47. The normalized spacial score (nSPS) is 19.3. The molecule has 5 rings (SSSR count). The van der Waals surface area contributed by atoms with Crippen molar-refractivity contribution >= 4 is 28.8 Å². The fourth-order valence-corrected chi connectivity index (χ4v) is 5.55. The zero-order valence-corrected chi connectivity index (χ0v) is 22.0. The Hall–Kier alpha value is -4.26. The molecule has 1 amide bonds. The zero-order valence-electron chi connectivity index (χ0n) is 22.0. The molecule has 1 aliphatic carbocycles. The number of non-ortho nitro benzene ring substituents is 1. The van der Waals surface area contributed by atoms with Crippen molar-refractivity contribution < 1.29 is 14.5 Å². The number of carbonyl (C=O) groups is 2. The van der Waals surface area contributed by atoms with Crippen molar-refractivity contribution in [1.29, 1.82) is 0 Å². The van der Waals surface area contributed by atoms with E-state index in [-0.39, 0.29) is 28.7 Å². The maximum atomic E-state index is 13.9. The predicted molar refractivity (Wildman–Crippen MR) is 148 cm³/mol. The van der Waals surface area contributed by atoms with E-state index in [1.54, 1.807) is 17.0 Å². The second-order valence-corrected chi connectivity index (χ2v) is 11.1. The largest absolute Gasteiger partial charge is 0.357 e. The van der Waals surface area contributed by atoms with Gasteiger partial charge in [0.2, 0.25) is 5.91 Å². The van der Waals surface area contributed by atoms with Crippen molar-refractivity contribution in [3.05, 3.63) is 111 Å². The Balaban J connectivity index is 1.65. The SMILES string of the molecule is CC(=O)N1c2ccccc2NC2=C(C(=O)CC(c3ccc(C(C)(C)C)cc3)C2)C1c1cccc([N+](=O)[O-])c1. The number of ketones is 1. The van der Waals surface area contributed by atoms with Crippen LogP contribution in [0.5, 0.6) is 0 Å². The lowest BCUT2D eigenvalue weighted by molar-refractivity contribution is -0.384. The minimum atomic E-state index is -0.782. The Labute approximate surface area is 222 Å². The number of hydrogen-bond donors (Lipinski definition) is 1. The highest BCUT2D eigenvalue weighted by Gasteiger charge is 2.41. The van der Waals surface area contributed by atoms with Crippen LogP contribution < -0.4 is 10.2 Å². The molecular weight excluding hydrogens is 478 g/mol. The molecule has 2 unspecified atom stereocenters. The van der Waals surface area contributed by atoms with E-state index in [1.807, 2.05) is 24.3 Å². The van der Waals surface area contributed by atoms with E-state index in [2.05, 4.69) is 50.4 Å². The number of nitro benzene ring substituents is 1. The average molecular weight is 510 g/mol. The van der Waals surface area contributed by atoms with Gasteiger partial charge in [-0.15, -0.1) is 0 Å². The number of benzene rings is 3. The van der Waals surface area contributed by atoms with E-state index in [4.69, 9.17) is 0 Å². The molecule has 3 aromatic carbocycles. The molecule has 38 heavy (non-hydrogen) atoms. The average Bonchev–Trinajstić information content (AvgIpc) is 3.03. The van der Waals surface area contributed by atoms with E-state index in [9.17, 15) is 19.7 Å². The predicted octanol–water partition coefficient (Wildman–Crippen LogP) is 6.81. The van der Waals surface area contributed by atoms with Crippen molar-refractivity contribution in [3.8, 4) is 0 Å². The number of allylic oxidation sites excluding steroid dienone is 1. The quantitative estimate of drug-likeness (QED) is 0.309. The molecule has 7 nitrogen and oxygen atoms in total. The third-order valence-electron chi connectivity index (χ3n) is 7.47. The minimum Gasteiger partial charge on any atom is -0.357 e. The minimum absolute atomic E-state index is 0.0235. The number of nitro groups is 1. The van der Waals surface area contributed by atoms with Gasteiger partial charge in [-0.2, -0.15) is 0 Å². The van der Waals surface area contributed by atoms with Crippen LogP contribution in [0.4, 0.5) is 17.1 Å². The summed E-state index contributed by atoms with van der Waals surface area (Å²) in [7, 11) is 0. The smallest absolute Gasteiger partial charge is 0.269 e. The van der Waals surface area contributed by atoms with Crippen LogP contribution in [0.2, 0.25) is 0 Å². The monoisotopic (exact) mass is 509 g/mol. The van der Waals surface area contributed by atoms with Crippen molar-refractivity contribution in [1.82, 2.24) is 0 Å². The molecule has 0 spiro atoms. The van der Waals surface area contributed by atoms with Crippen molar-refractivity contribution in [2.75, 3.05) is 10.2 Å². The first kappa shape index (κ1) is 25.4. The first-order valence-corrected chi connectivity index (χ1v) is 12.8. The summed E-state index contributed by atoms with van der Waals surface area (Å²) in [6, 6.07) is 21.4. The van der Waals surface area contributed by atoms with Gasteiger partial charge in [-0.05, 0) is 46.6 Å². The second-order valence-electron chi connectivity index (χ2n) is 11.1. The summed E-state index contributed by atoms with van der Waals surface area (Å²) in [6.45, 7) is 7.97. The lowest BCUT2D eigenvalue weighted by Gasteiger charge is -2.34. The van der Waals surface area contributed by atoms with Gasteiger partial charge in [0.15, 0.2) is 5.78 Å². The molecule has 3 aromatic rings. The van der Waals surface area contributed by atoms with Crippen molar-refractivity contribution in [3.63, 3.8) is 0 Å². The Bertz CT molecular complexity index is 1470. The fraction of sp³-hybridized carbons (Fsp3) is 0.290. The lowest BCUT2D eigenvalue weighted by Crippen LogP contribution is -2.37. The van der Waals surface area contributed by atoms with E-state index in [0.29, 0.717) is 29.7 Å². The van der Waals surface area contributed by atoms with Crippen molar-refractivity contribution in [2.24, 2.45) is 0 Å². The first-order chi connectivity index (χ1) is 18.0. The van der Waals surface area contributed by atoms with E-state index in [1.165, 1.54) is 24.6 Å². The summed E-state index contributed by atoms with van der Waals surface area (Å²) < 4.78 is 0. The highest BCUT2D eigenvalue weighted by atomic mass is 16.6. The molecule has 2 aliphatic rings. The second kappa shape index (κ2) is 9.56. The van der Waals surface area contributed by atoms with Gasteiger partial charge in [-0.1, -0.05) is 69.3 Å². The standard InChI is InChI=1S/C31H31N3O4/c1-19(35)33-27-11-6-5-10-25(27)32-26-17-22(20-12-14-23(15-13-20)31(2,3)4)18-28(36)29(26)30(33)21-8-7-9-24(16-21)34(37)38/h5-16,22,30,32H,17-18H2,1-4H3. The highest BCUT2D eigenvalue weighted by molar-refractivity contribution is 6.06. The van der Waals surface area contributed by atoms with Gasteiger partial charge in [-0.3, -0.25) is 24.6 Å². The number of amides is 1. The van der Waals surface area contributed by atoms with Gasteiger partial charge in [0.05, 0.1) is 22.3 Å². The van der Waals surface area contributed by atoms with Gasteiger partial charge in [0, 0.05) is 36.7 Å². The van der Waals surface area contributed by atoms with Gasteiger partial charge in [0.25, 0.3) is 5.69 Å². The number of hydrogen-bond acceptors (Lipinski definition) is 5. The summed E-state index contributed by atoms with van der Waals surface area (Å²) in [4.78, 5) is 39.8. The number of nitrogens with one attached hydrogen (secondary N) is 1. The summed E-state index contributed by atoms with van der Waals surface area (Å²) in [5.41, 5.74) is 5.38. The Morgan fingerprint density at radius 2 is 1.68 bits per heavy atom. The van der Waals surface area contributed by atoms with Crippen LogP contribution in [0, 0.1) is 10.1 Å². The molecule has 0 saturated carbocycles.